The fraction of sp³-hybridized carbons (Fsp3) is 0. The predicted molar refractivity (Wildman–Crippen MR) is 141 cm³/mol. The molecule has 0 spiro atoms. The summed E-state index contributed by atoms with van der Waals surface area (Å²) >= 11 is 3.93. The van der Waals surface area contributed by atoms with Gasteiger partial charge in [0.25, 0.3) is 0 Å². The summed E-state index contributed by atoms with van der Waals surface area (Å²) < 4.78 is 5.72. The third-order valence-electron chi connectivity index (χ3n) is 6.00. The van der Waals surface area contributed by atoms with Gasteiger partial charge in [-0.1, -0.05) is 97.1 Å². The third-order valence-corrected chi connectivity index (χ3v) is 14.5. The molecule has 0 saturated heterocycles. The van der Waals surface area contributed by atoms with Gasteiger partial charge in [-0.3, -0.25) is 0 Å². The number of benzene rings is 4. The Kier molecular flexibility index (Phi) is 4.61. The molecule has 2 heterocycles. The summed E-state index contributed by atoms with van der Waals surface area (Å²) in [5, 5.41) is 5.57. The Morgan fingerprint density at radius 2 is 0.806 bits per heavy atom. The lowest BCUT2D eigenvalue weighted by Gasteiger charge is -2.31. The van der Waals surface area contributed by atoms with Gasteiger partial charge in [0.2, 0.25) is 8.07 Å². The van der Waals surface area contributed by atoms with Crippen molar-refractivity contribution in [2.45, 2.75) is 0 Å². The molecule has 0 aliphatic heterocycles. The van der Waals surface area contributed by atoms with E-state index >= 15 is 0 Å². The van der Waals surface area contributed by atoms with Gasteiger partial charge >= 0.3 is 0 Å². The Morgan fingerprint density at radius 1 is 0.419 bits per heavy atom. The van der Waals surface area contributed by atoms with E-state index in [4.69, 9.17) is 0 Å². The van der Waals surface area contributed by atoms with Crippen molar-refractivity contribution in [2.75, 3.05) is 0 Å². The lowest BCUT2D eigenvalue weighted by molar-refractivity contribution is 1.72. The standard InChI is InChI=1S/C28H20S2Si/c1-3-13-23(14-4-1)31(24-15-5-2-6-16-24,27-19-21-11-7-9-17-25(21)29-27)28-20-22-12-8-10-18-26(22)30-28/h1-20H. The van der Waals surface area contributed by atoms with E-state index in [0.717, 1.165) is 0 Å². The maximum atomic E-state index is 2.45. The smallest absolute Gasteiger partial charge is 0.144 e. The van der Waals surface area contributed by atoms with Gasteiger partial charge in [0.15, 0.2) is 0 Å². The van der Waals surface area contributed by atoms with Gasteiger partial charge in [0.1, 0.15) is 0 Å². The summed E-state index contributed by atoms with van der Waals surface area (Å²) in [6.45, 7) is 0. The van der Waals surface area contributed by atoms with E-state index in [1.807, 2.05) is 22.7 Å². The average Bonchev–Trinajstić information content (AvgIpc) is 3.46. The largest absolute Gasteiger partial charge is 0.202 e. The van der Waals surface area contributed by atoms with Crippen LogP contribution in [0.1, 0.15) is 0 Å². The van der Waals surface area contributed by atoms with Crippen LogP contribution in [0.25, 0.3) is 20.2 Å². The van der Waals surface area contributed by atoms with Gasteiger partial charge in [-0.2, -0.15) is 0 Å². The van der Waals surface area contributed by atoms with Crippen LogP contribution in [0.5, 0.6) is 0 Å². The Balaban J connectivity index is 1.77. The second-order valence-electron chi connectivity index (χ2n) is 7.78. The van der Waals surface area contributed by atoms with Crippen molar-refractivity contribution in [3.8, 4) is 0 Å². The van der Waals surface area contributed by atoms with Gasteiger partial charge in [-0.05, 0) is 45.4 Å². The van der Waals surface area contributed by atoms with Gasteiger partial charge in [0, 0.05) is 18.4 Å². The Labute approximate surface area is 191 Å². The van der Waals surface area contributed by atoms with Crippen molar-refractivity contribution in [3.63, 3.8) is 0 Å². The molecular formula is C28H20S2Si. The van der Waals surface area contributed by atoms with Crippen LogP contribution in [-0.4, -0.2) is 8.07 Å². The Hall–Kier alpha value is -2.98. The first-order chi connectivity index (χ1) is 15.4. The summed E-state index contributed by atoms with van der Waals surface area (Å²) in [5.74, 6) is 0. The first-order valence-electron chi connectivity index (χ1n) is 10.4. The lowest BCUT2D eigenvalue weighted by atomic mass is 10.3. The quantitative estimate of drug-likeness (QED) is 0.313. The van der Waals surface area contributed by atoms with E-state index in [1.165, 1.54) is 39.5 Å². The van der Waals surface area contributed by atoms with E-state index in [1.54, 1.807) is 0 Å². The Morgan fingerprint density at radius 3 is 1.23 bits per heavy atom. The summed E-state index contributed by atoms with van der Waals surface area (Å²) in [6, 6.07) is 44.9. The molecule has 4 aromatic carbocycles. The number of hydrogen-bond donors (Lipinski definition) is 0. The van der Waals surface area contributed by atoms with Gasteiger partial charge in [-0.15, -0.1) is 22.7 Å². The van der Waals surface area contributed by atoms with E-state index in [9.17, 15) is 0 Å². The van der Waals surface area contributed by atoms with Gasteiger partial charge in [-0.25, -0.2) is 0 Å². The van der Waals surface area contributed by atoms with E-state index in [2.05, 4.69) is 121 Å². The molecule has 0 amide bonds. The minimum absolute atomic E-state index is 1.34. The summed E-state index contributed by atoms with van der Waals surface area (Å²) in [4.78, 5) is 0. The Bertz CT molecular complexity index is 1300. The highest BCUT2D eigenvalue weighted by Crippen LogP contribution is 2.26. The third kappa shape index (κ3) is 3.00. The van der Waals surface area contributed by atoms with Crippen molar-refractivity contribution in [3.05, 3.63) is 121 Å². The highest BCUT2D eigenvalue weighted by Gasteiger charge is 2.44. The normalized spacial score (nSPS) is 11.9. The van der Waals surface area contributed by atoms with Crippen molar-refractivity contribution < 1.29 is 0 Å². The number of thiophene rings is 2. The van der Waals surface area contributed by atoms with E-state index < -0.39 is 8.07 Å². The SMILES string of the molecule is c1ccc([Si](c2ccccc2)(c2cc3ccccc3s2)c2cc3ccccc3s2)cc1. The monoisotopic (exact) mass is 448 g/mol. The molecule has 3 heteroatoms. The first kappa shape index (κ1) is 18.8. The fourth-order valence-corrected chi connectivity index (χ4v) is 14.2. The molecule has 0 aliphatic rings. The maximum Gasteiger partial charge on any atom is 0.202 e. The lowest BCUT2D eigenvalue weighted by Crippen LogP contribution is -2.73. The van der Waals surface area contributed by atoms with Crippen LogP contribution in [0.2, 0.25) is 0 Å². The zero-order chi connectivity index (χ0) is 20.7. The van der Waals surface area contributed by atoms with Crippen LogP contribution in [0.15, 0.2) is 121 Å². The minimum Gasteiger partial charge on any atom is -0.144 e. The molecule has 0 atom stereocenters. The summed E-state index contributed by atoms with van der Waals surface area (Å²) in [7, 11) is -2.43. The van der Waals surface area contributed by atoms with Crippen LogP contribution in [0.3, 0.4) is 0 Å². The molecule has 31 heavy (non-hydrogen) atoms. The molecule has 0 fully saturated rings. The van der Waals surface area contributed by atoms with Crippen LogP contribution >= 0.6 is 22.7 Å². The molecule has 0 bridgehead atoms. The van der Waals surface area contributed by atoms with Crippen molar-refractivity contribution >= 4 is 70.3 Å². The molecule has 0 unspecified atom stereocenters. The molecule has 0 radical (unpaired) electrons. The van der Waals surface area contributed by atoms with Gasteiger partial charge in [0.05, 0.1) is 0 Å². The van der Waals surface area contributed by atoms with Crippen LogP contribution < -0.4 is 19.4 Å². The van der Waals surface area contributed by atoms with Crippen molar-refractivity contribution in [2.24, 2.45) is 0 Å². The number of fused-ring (bicyclic) bond motifs is 2. The summed E-state index contributed by atoms with van der Waals surface area (Å²) in [5.41, 5.74) is 0. The molecule has 0 saturated carbocycles. The second kappa shape index (κ2) is 7.61. The van der Waals surface area contributed by atoms with Crippen LogP contribution in [0.4, 0.5) is 0 Å². The highest BCUT2D eigenvalue weighted by atomic mass is 32.1. The number of hydrogen-bond acceptors (Lipinski definition) is 2. The second-order valence-corrected chi connectivity index (χ2v) is 14.4. The van der Waals surface area contributed by atoms with Gasteiger partial charge < -0.3 is 0 Å². The molecule has 6 aromatic rings. The van der Waals surface area contributed by atoms with E-state index in [0.29, 0.717) is 0 Å². The zero-order valence-corrected chi connectivity index (χ0v) is 19.5. The predicted octanol–water partition coefficient (Wildman–Crippen LogP) is 5.49. The van der Waals surface area contributed by atoms with Crippen LogP contribution in [0, 0.1) is 0 Å². The van der Waals surface area contributed by atoms with Crippen molar-refractivity contribution in [1.82, 2.24) is 0 Å². The molecule has 6 rings (SSSR count). The molecule has 0 aliphatic carbocycles. The number of rotatable bonds is 4. The maximum absolute atomic E-state index is 2.45. The first-order valence-corrected chi connectivity index (χ1v) is 14.1. The molecule has 0 nitrogen and oxygen atoms in total. The van der Waals surface area contributed by atoms with E-state index in [-0.39, 0.29) is 0 Å². The molecule has 148 valence electrons. The molecule has 2 aromatic heterocycles. The fourth-order valence-electron chi connectivity index (χ4n) is 4.57. The summed E-state index contributed by atoms with van der Waals surface area (Å²) in [6.07, 6.45) is 0. The average molecular weight is 449 g/mol. The molecule has 0 N–H and O–H groups in total. The minimum atomic E-state index is -2.43. The highest BCUT2D eigenvalue weighted by molar-refractivity contribution is 7.46. The van der Waals surface area contributed by atoms with Crippen LogP contribution in [-0.2, 0) is 0 Å². The zero-order valence-electron chi connectivity index (χ0n) is 16.9. The van der Waals surface area contributed by atoms with Crippen molar-refractivity contribution in [1.29, 1.82) is 0 Å². The molecular weight excluding hydrogens is 429 g/mol. The topological polar surface area (TPSA) is 0 Å².